The molecule has 5 nitrogen and oxygen atoms in total. The number of thiophene rings is 1. The van der Waals surface area contributed by atoms with Crippen molar-refractivity contribution >= 4 is 23.1 Å². The van der Waals surface area contributed by atoms with Crippen molar-refractivity contribution in [3.63, 3.8) is 0 Å². The summed E-state index contributed by atoms with van der Waals surface area (Å²) in [6.45, 7) is 7.32. The van der Waals surface area contributed by atoms with E-state index < -0.39 is 0 Å². The standard InChI is InChI=1S/C31H33N3O2S/c1-4-36-23-14-12-22(13-15-23)29-27-9-7-17-33(27)30-25(24-8-5-6-10-28(24)37-30)19-34(29)31(35)32-26-16-11-20(2)18-21(26)3/h7,9,11-18,29H,4-6,8,10,19H2,1-3H3,(H,32,35). The van der Waals surface area contributed by atoms with Crippen molar-refractivity contribution in [1.82, 2.24) is 9.47 Å². The first-order chi connectivity index (χ1) is 18.0. The van der Waals surface area contributed by atoms with Crippen LogP contribution in [0.15, 0.2) is 60.8 Å². The highest BCUT2D eigenvalue weighted by Crippen LogP contribution is 2.44. The molecular formula is C31H33N3O2S. The maximum absolute atomic E-state index is 14.1. The number of hydrogen-bond acceptors (Lipinski definition) is 3. The zero-order valence-corrected chi connectivity index (χ0v) is 22.5. The average molecular weight is 512 g/mol. The minimum atomic E-state index is -0.227. The molecule has 2 amide bonds. The van der Waals surface area contributed by atoms with Gasteiger partial charge in [-0.3, -0.25) is 0 Å². The van der Waals surface area contributed by atoms with Gasteiger partial charge in [-0.1, -0.05) is 29.8 Å². The lowest BCUT2D eigenvalue weighted by molar-refractivity contribution is 0.194. The van der Waals surface area contributed by atoms with Gasteiger partial charge in [-0.15, -0.1) is 11.3 Å². The highest BCUT2D eigenvalue weighted by Gasteiger charge is 2.36. The molecule has 3 heterocycles. The van der Waals surface area contributed by atoms with Gasteiger partial charge in [0.15, 0.2) is 0 Å². The fourth-order valence-corrected chi connectivity index (χ4v) is 7.20. The molecule has 2 aromatic carbocycles. The van der Waals surface area contributed by atoms with Crippen LogP contribution >= 0.6 is 11.3 Å². The predicted octanol–water partition coefficient (Wildman–Crippen LogP) is 7.57. The van der Waals surface area contributed by atoms with Crippen LogP contribution in [0, 0.1) is 13.8 Å². The Labute approximate surface area is 222 Å². The highest BCUT2D eigenvalue weighted by molar-refractivity contribution is 7.15. The molecule has 0 radical (unpaired) electrons. The van der Waals surface area contributed by atoms with E-state index in [1.54, 1.807) is 0 Å². The lowest BCUT2D eigenvalue weighted by atomic mass is 9.95. The topological polar surface area (TPSA) is 46.5 Å². The van der Waals surface area contributed by atoms with Crippen molar-refractivity contribution in [3.8, 4) is 10.8 Å². The quantitative estimate of drug-likeness (QED) is 0.307. The lowest BCUT2D eigenvalue weighted by Crippen LogP contribution is -2.38. The summed E-state index contributed by atoms with van der Waals surface area (Å²) in [4.78, 5) is 17.6. The Bertz CT molecular complexity index is 1450. The van der Waals surface area contributed by atoms with Crippen LogP contribution in [0.5, 0.6) is 5.75 Å². The zero-order valence-electron chi connectivity index (χ0n) is 21.7. The van der Waals surface area contributed by atoms with Gasteiger partial charge >= 0.3 is 6.03 Å². The maximum Gasteiger partial charge on any atom is 0.322 e. The summed E-state index contributed by atoms with van der Waals surface area (Å²) in [5, 5.41) is 4.52. The van der Waals surface area contributed by atoms with Crippen molar-refractivity contribution in [1.29, 1.82) is 0 Å². The number of hydrogen-bond donors (Lipinski definition) is 1. The van der Waals surface area contributed by atoms with Gasteiger partial charge in [-0.05, 0) is 93.5 Å². The van der Waals surface area contributed by atoms with Gasteiger partial charge in [-0.2, -0.15) is 0 Å². The van der Waals surface area contributed by atoms with Gasteiger partial charge in [-0.25, -0.2) is 4.79 Å². The Morgan fingerprint density at radius 2 is 1.86 bits per heavy atom. The fourth-order valence-electron chi connectivity index (χ4n) is 5.79. The number of rotatable bonds is 4. The van der Waals surface area contributed by atoms with Crippen LogP contribution in [0.4, 0.5) is 10.5 Å². The second kappa shape index (κ2) is 9.75. The molecule has 1 unspecified atom stereocenters. The molecule has 6 rings (SSSR count). The smallest absolute Gasteiger partial charge is 0.322 e. The third kappa shape index (κ3) is 4.33. The number of nitrogens with zero attached hydrogens (tertiary/aromatic N) is 2. The van der Waals surface area contributed by atoms with Crippen molar-refractivity contribution < 1.29 is 9.53 Å². The monoisotopic (exact) mass is 511 g/mol. The molecule has 0 fully saturated rings. The summed E-state index contributed by atoms with van der Waals surface area (Å²) in [6, 6.07) is 18.3. The Hall–Kier alpha value is -3.51. The molecule has 190 valence electrons. The van der Waals surface area contributed by atoms with Gasteiger partial charge < -0.3 is 19.5 Å². The van der Waals surface area contributed by atoms with Crippen LogP contribution in [-0.2, 0) is 19.4 Å². The molecular weight excluding hydrogens is 478 g/mol. The molecule has 4 aromatic rings. The first-order valence-corrected chi connectivity index (χ1v) is 14.0. The number of aryl methyl sites for hydroxylation is 3. The maximum atomic E-state index is 14.1. The predicted molar refractivity (Wildman–Crippen MR) is 150 cm³/mol. The summed E-state index contributed by atoms with van der Waals surface area (Å²) >= 11 is 1.91. The van der Waals surface area contributed by atoms with Crippen molar-refractivity contribution in [2.75, 3.05) is 11.9 Å². The number of anilines is 1. The molecule has 1 aliphatic heterocycles. The van der Waals surface area contributed by atoms with Gasteiger partial charge in [0.1, 0.15) is 10.8 Å². The summed E-state index contributed by atoms with van der Waals surface area (Å²) < 4.78 is 8.03. The molecule has 2 aliphatic rings. The molecule has 0 saturated carbocycles. The first kappa shape index (κ1) is 23.9. The summed E-state index contributed by atoms with van der Waals surface area (Å²) in [5.41, 5.74) is 8.06. The van der Waals surface area contributed by atoms with E-state index in [-0.39, 0.29) is 12.1 Å². The highest BCUT2D eigenvalue weighted by atomic mass is 32.1. The molecule has 37 heavy (non-hydrogen) atoms. The van der Waals surface area contributed by atoms with E-state index in [1.165, 1.54) is 39.4 Å². The molecule has 2 aromatic heterocycles. The third-order valence-corrected chi connectivity index (χ3v) is 8.90. The van der Waals surface area contributed by atoms with Crippen LogP contribution in [0.25, 0.3) is 5.00 Å². The number of ether oxygens (including phenoxy) is 1. The van der Waals surface area contributed by atoms with E-state index in [0.717, 1.165) is 41.1 Å². The number of benzene rings is 2. The molecule has 1 N–H and O–H groups in total. The van der Waals surface area contributed by atoms with E-state index in [0.29, 0.717) is 13.2 Å². The number of fused-ring (bicyclic) bond motifs is 5. The van der Waals surface area contributed by atoms with Crippen LogP contribution in [0.3, 0.4) is 0 Å². The first-order valence-electron chi connectivity index (χ1n) is 13.2. The minimum absolute atomic E-state index is 0.0813. The van der Waals surface area contributed by atoms with E-state index in [2.05, 4.69) is 53.3 Å². The number of urea groups is 1. The fraction of sp³-hybridized carbons (Fsp3) is 0.323. The van der Waals surface area contributed by atoms with Gasteiger partial charge in [0, 0.05) is 22.3 Å². The molecule has 0 bridgehead atoms. The SMILES string of the molecule is CCOc1ccc(C2c3cccn3-c3sc4c(c3CN2C(=O)Nc2ccc(C)cc2C)CCCC4)cc1. The van der Waals surface area contributed by atoms with Gasteiger partial charge in [0.25, 0.3) is 0 Å². The number of nitrogens with one attached hydrogen (secondary N) is 1. The Morgan fingerprint density at radius 1 is 1.05 bits per heavy atom. The van der Waals surface area contributed by atoms with Crippen molar-refractivity contribution in [3.05, 3.63) is 99.2 Å². The van der Waals surface area contributed by atoms with Crippen LogP contribution in [0.1, 0.15) is 64.2 Å². The molecule has 0 spiro atoms. The normalized spacial score (nSPS) is 16.4. The second-order valence-electron chi connectivity index (χ2n) is 10.1. The molecule has 6 heteroatoms. The lowest BCUT2D eigenvalue weighted by Gasteiger charge is -2.31. The Morgan fingerprint density at radius 3 is 2.65 bits per heavy atom. The van der Waals surface area contributed by atoms with Crippen molar-refractivity contribution in [2.24, 2.45) is 0 Å². The number of carbonyl (C=O) groups excluding carboxylic acids is 1. The van der Waals surface area contributed by atoms with E-state index in [1.807, 2.05) is 54.3 Å². The van der Waals surface area contributed by atoms with E-state index in [9.17, 15) is 4.79 Å². The van der Waals surface area contributed by atoms with Crippen molar-refractivity contribution in [2.45, 2.75) is 59.0 Å². The van der Waals surface area contributed by atoms with Gasteiger partial charge in [0.2, 0.25) is 0 Å². The van der Waals surface area contributed by atoms with Gasteiger partial charge in [0.05, 0.1) is 24.9 Å². The Balaban J connectivity index is 1.47. The largest absolute Gasteiger partial charge is 0.494 e. The molecule has 1 aliphatic carbocycles. The number of carbonyl (C=O) groups is 1. The van der Waals surface area contributed by atoms with E-state index >= 15 is 0 Å². The van der Waals surface area contributed by atoms with E-state index in [4.69, 9.17) is 4.74 Å². The van der Waals surface area contributed by atoms with Crippen LogP contribution in [-0.4, -0.2) is 22.1 Å². The second-order valence-corrected chi connectivity index (χ2v) is 11.2. The number of amides is 2. The summed E-state index contributed by atoms with van der Waals surface area (Å²) in [5.74, 6) is 0.842. The minimum Gasteiger partial charge on any atom is -0.494 e. The molecule has 1 atom stereocenters. The number of aromatic nitrogens is 1. The third-order valence-electron chi connectivity index (χ3n) is 7.57. The summed E-state index contributed by atoms with van der Waals surface area (Å²) in [7, 11) is 0. The van der Waals surface area contributed by atoms with Crippen LogP contribution in [0.2, 0.25) is 0 Å². The Kier molecular flexibility index (Phi) is 6.29. The van der Waals surface area contributed by atoms with Crippen LogP contribution < -0.4 is 10.1 Å². The summed E-state index contributed by atoms with van der Waals surface area (Å²) in [6.07, 6.45) is 6.85. The average Bonchev–Trinajstić information content (AvgIpc) is 3.48. The zero-order chi connectivity index (χ0) is 25.5. The molecule has 0 saturated heterocycles.